The molecule has 1 atom stereocenters. The van der Waals surface area contributed by atoms with Crippen LogP contribution in [0.4, 0.5) is 0 Å². The van der Waals surface area contributed by atoms with Crippen molar-refractivity contribution in [3.63, 3.8) is 0 Å². The minimum Gasteiger partial charge on any atom is -0.496 e. The number of nitrogens with zero attached hydrogens (tertiary/aromatic N) is 1. The fraction of sp³-hybridized carbons (Fsp3) is 0.462. The molecule has 1 aliphatic heterocycles. The number of rotatable bonds is 4. The Kier molecular flexibility index (Phi) is 3.64. The fourth-order valence-corrected chi connectivity index (χ4v) is 2.15. The van der Waals surface area contributed by atoms with Crippen molar-refractivity contribution in [2.75, 3.05) is 20.2 Å². The lowest BCUT2D eigenvalue weighted by Gasteiger charge is -2.21. The number of benzene rings is 1. The predicted molar refractivity (Wildman–Crippen MR) is 63.8 cm³/mol. The largest absolute Gasteiger partial charge is 0.496 e. The Balaban J connectivity index is 2.08. The summed E-state index contributed by atoms with van der Waals surface area (Å²) in [6.07, 6.45) is 0.795. The zero-order chi connectivity index (χ0) is 12.3. The number of likely N-dealkylation sites (tertiary alicyclic amines) is 1. The number of carbonyl (C=O) groups is 1. The Hall–Kier alpha value is -1.55. The maximum atomic E-state index is 11.5. The second-order valence-corrected chi connectivity index (χ2v) is 4.20. The van der Waals surface area contributed by atoms with Gasteiger partial charge in [0.15, 0.2) is 0 Å². The number of aliphatic hydroxyl groups excluding tert-OH is 1. The zero-order valence-electron chi connectivity index (χ0n) is 9.93. The minimum absolute atomic E-state index is 0.124. The number of β-amino-alcohol motifs (C(OH)–C–C–N with tert-alkyl or cyclic N) is 1. The van der Waals surface area contributed by atoms with Crippen molar-refractivity contribution in [1.29, 1.82) is 0 Å². The van der Waals surface area contributed by atoms with Crippen molar-refractivity contribution in [2.45, 2.75) is 18.9 Å². The first kappa shape index (κ1) is 11.9. The van der Waals surface area contributed by atoms with Crippen molar-refractivity contribution in [3.05, 3.63) is 29.8 Å². The highest BCUT2D eigenvalue weighted by Gasteiger charge is 2.24. The standard InChI is InChI=1S/C13H17NO3/c1-17-12-6-3-2-5-10(12)11(15)9-14-8-4-7-13(14)16/h2-3,5-6,11,15H,4,7-9H2,1H3. The molecule has 1 unspecified atom stereocenters. The summed E-state index contributed by atoms with van der Waals surface area (Å²) in [5.41, 5.74) is 0.731. The topological polar surface area (TPSA) is 49.8 Å². The molecule has 4 nitrogen and oxygen atoms in total. The van der Waals surface area contributed by atoms with Crippen molar-refractivity contribution in [3.8, 4) is 5.75 Å². The maximum Gasteiger partial charge on any atom is 0.222 e. The molecule has 1 aromatic rings. The number of hydrogen-bond donors (Lipinski definition) is 1. The van der Waals surface area contributed by atoms with Gasteiger partial charge in [-0.25, -0.2) is 0 Å². The quantitative estimate of drug-likeness (QED) is 0.857. The Morgan fingerprint density at radius 3 is 2.88 bits per heavy atom. The van der Waals surface area contributed by atoms with Gasteiger partial charge in [-0.3, -0.25) is 4.79 Å². The third-order valence-electron chi connectivity index (χ3n) is 3.06. The molecule has 1 amide bonds. The summed E-state index contributed by atoms with van der Waals surface area (Å²) in [7, 11) is 1.58. The Bertz CT molecular complexity index is 405. The molecule has 1 heterocycles. The van der Waals surface area contributed by atoms with E-state index in [2.05, 4.69) is 0 Å². The van der Waals surface area contributed by atoms with Gasteiger partial charge in [0.05, 0.1) is 13.7 Å². The average Bonchev–Trinajstić information content (AvgIpc) is 2.75. The van der Waals surface area contributed by atoms with Gasteiger partial charge in [-0.1, -0.05) is 18.2 Å². The van der Waals surface area contributed by atoms with Gasteiger partial charge in [0.1, 0.15) is 11.9 Å². The van der Waals surface area contributed by atoms with E-state index in [0.717, 1.165) is 18.5 Å². The highest BCUT2D eigenvalue weighted by molar-refractivity contribution is 5.78. The monoisotopic (exact) mass is 235 g/mol. The van der Waals surface area contributed by atoms with E-state index in [0.29, 0.717) is 18.7 Å². The summed E-state index contributed by atoms with van der Waals surface area (Å²) in [6.45, 7) is 1.09. The molecule has 0 radical (unpaired) electrons. The number of para-hydroxylation sites is 1. The van der Waals surface area contributed by atoms with Crippen LogP contribution in [0.25, 0.3) is 0 Å². The van der Waals surface area contributed by atoms with Gasteiger partial charge < -0.3 is 14.7 Å². The Morgan fingerprint density at radius 1 is 1.47 bits per heavy atom. The molecule has 1 aromatic carbocycles. The predicted octanol–water partition coefficient (Wildman–Crippen LogP) is 1.35. The van der Waals surface area contributed by atoms with Crippen LogP contribution in [0.1, 0.15) is 24.5 Å². The van der Waals surface area contributed by atoms with E-state index < -0.39 is 6.10 Å². The van der Waals surface area contributed by atoms with E-state index in [9.17, 15) is 9.90 Å². The van der Waals surface area contributed by atoms with E-state index in [1.54, 1.807) is 12.0 Å². The molecule has 92 valence electrons. The van der Waals surface area contributed by atoms with Gasteiger partial charge in [0.2, 0.25) is 5.91 Å². The van der Waals surface area contributed by atoms with Crippen LogP contribution in [-0.4, -0.2) is 36.1 Å². The van der Waals surface area contributed by atoms with E-state index >= 15 is 0 Å². The van der Waals surface area contributed by atoms with Crippen LogP contribution < -0.4 is 4.74 Å². The normalized spacial score (nSPS) is 17.3. The highest BCUT2D eigenvalue weighted by Crippen LogP contribution is 2.26. The molecule has 1 N–H and O–H groups in total. The van der Waals surface area contributed by atoms with Crippen LogP contribution in [0.15, 0.2) is 24.3 Å². The molecule has 2 rings (SSSR count). The molecule has 0 saturated carbocycles. The lowest BCUT2D eigenvalue weighted by atomic mass is 10.1. The Labute approximate surface area is 101 Å². The van der Waals surface area contributed by atoms with Crippen molar-refractivity contribution < 1.29 is 14.6 Å². The number of amides is 1. The molecule has 17 heavy (non-hydrogen) atoms. The number of carbonyl (C=O) groups excluding carboxylic acids is 1. The lowest BCUT2D eigenvalue weighted by Crippen LogP contribution is -2.29. The van der Waals surface area contributed by atoms with Crippen LogP contribution in [0, 0.1) is 0 Å². The number of hydrogen-bond acceptors (Lipinski definition) is 3. The summed E-state index contributed by atoms with van der Waals surface area (Å²) < 4.78 is 5.19. The molecule has 4 heteroatoms. The van der Waals surface area contributed by atoms with Crippen LogP contribution in [0.3, 0.4) is 0 Å². The van der Waals surface area contributed by atoms with Gasteiger partial charge in [-0.05, 0) is 12.5 Å². The molecule has 1 saturated heterocycles. The van der Waals surface area contributed by atoms with Crippen LogP contribution in [-0.2, 0) is 4.79 Å². The second-order valence-electron chi connectivity index (χ2n) is 4.20. The molecule has 1 aliphatic rings. The first-order valence-electron chi connectivity index (χ1n) is 5.81. The summed E-state index contributed by atoms with van der Waals surface area (Å²) in [6, 6.07) is 7.34. The number of aliphatic hydroxyl groups is 1. The van der Waals surface area contributed by atoms with Gasteiger partial charge in [-0.15, -0.1) is 0 Å². The molecular weight excluding hydrogens is 218 g/mol. The maximum absolute atomic E-state index is 11.5. The SMILES string of the molecule is COc1ccccc1C(O)CN1CCCC1=O. The van der Waals surface area contributed by atoms with Crippen molar-refractivity contribution in [1.82, 2.24) is 4.90 Å². The van der Waals surface area contributed by atoms with Crippen molar-refractivity contribution in [2.24, 2.45) is 0 Å². The van der Waals surface area contributed by atoms with E-state index in [4.69, 9.17) is 4.74 Å². The molecule has 0 spiro atoms. The number of ether oxygens (including phenoxy) is 1. The summed E-state index contributed by atoms with van der Waals surface area (Å²) in [5.74, 6) is 0.783. The third kappa shape index (κ3) is 2.58. The Morgan fingerprint density at radius 2 is 2.24 bits per heavy atom. The summed E-state index contributed by atoms with van der Waals surface area (Å²) in [4.78, 5) is 13.2. The highest BCUT2D eigenvalue weighted by atomic mass is 16.5. The molecule has 1 fully saturated rings. The smallest absolute Gasteiger partial charge is 0.222 e. The molecule has 0 aliphatic carbocycles. The van der Waals surface area contributed by atoms with E-state index in [1.165, 1.54) is 0 Å². The molecule has 0 aromatic heterocycles. The average molecular weight is 235 g/mol. The number of methoxy groups -OCH3 is 1. The van der Waals surface area contributed by atoms with Gasteiger partial charge in [-0.2, -0.15) is 0 Å². The first-order chi connectivity index (χ1) is 8.22. The summed E-state index contributed by atoms with van der Waals surface area (Å²) >= 11 is 0. The molecular formula is C13H17NO3. The van der Waals surface area contributed by atoms with Gasteiger partial charge in [0, 0.05) is 18.5 Å². The van der Waals surface area contributed by atoms with Crippen LogP contribution in [0.2, 0.25) is 0 Å². The van der Waals surface area contributed by atoms with Gasteiger partial charge >= 0.3 is 0 Å². The van der Waals surface area contributed by atoms with Crippen molar-refractivity contribution >= 4 is 5.91 Å². The van der Waals surface area contributed by atoms with Crippen LogP contribution >= 0.6 is 0 Å². The second kappa shape index (κ2) is 5.19. The van der Waals surface area contributed by atoms with Gasteiger partial charge in [0.25, 0.3) is 0 Å². The minimum atomic E-state index is -0.687. The third-order valence-corrected chi connectivity index (χ3v) is 3.06. The van der Waals surface area contributed by atoms with E-state index in [-0.39, 0.29) is 5.91 Å². The van der Waals surface area contributed by atoms with Crippen LogP contribution in [0.5, 0.6) is 5.75 Å². The lowest BCUT2D eigenvalue weighted by molar-refractivity contribution is -0.128. The zero-order valence-corrected chi connectivity index (χ0v) is 9.93. The summed E-state index contributed by atoms with van der Waals surface area (Å²) in [5, 5.41) is 10.1. The molecule has 0 bridgehead atoms. The first-order valence-corrected chi connectivity index (χ1v) is 5.81. The van der Waals surface area contributed by atoms with E-state index in [1.807, 2.05) is 24.3 Å². The fourth-order valence-electron chi connectivity index (χ4n) is 2.15.